The van der Waals surface area contributed by atoms with Crippen molar-refractivity contribution in [3.05, 3.63) is 0 Å². The number of ether oxygens (including phenoxy) is 1. The molecule has 0 bridgehead atoms. The molecule has 0 aliphatic heterocycles. The molecule has 4 nitrogen and oxygen atoms in total. The lowest BCUT2D eigenvalue weighted by Gasteiger charge is -2.37. The minimum Gasteiger partial charge on any atom is -0.383 e. The fraction of sp³-hybridized carbons (Fsp3) is 0.938. The molecule has 0 spiro atoms. The summed E-state index contributed by atoms with van der Waals surface area (Å²) in [4.78, 5) is 2.43. The van der Waals surface area contributed by atoms with Crippen LogP contribution in [0, 0.1) is 17.2 Å². The highest BCUT2D eigenvalue weighted by atomic mass is 16.5. The largest absolute Gasteiger partial charge is 0.383 e. The van der Waals surface area contributed by atoms with Crippen LogP contribution in [0.5, 0.6) is 0 Å². The number of hydrogen-bond donors (Lipinski definition) is 1. The van der Waals surface area contributed by atoms with Crippen molar-refractivity contribution in [3.63, 3.8) is 0 Å². The lowest BCUT2D eigenvalue weighted by molar-refractivity contribution is 0.0990. The molecule has 2 aliphatic carbocycles. The summed E-state index contributed by atoms with van der Waals surface area (Å²) in [6, 6.07) is 3.72. The average Bonchev–Trinajstić information content (AvgIpc) is 3.33. The quantitative estimate of drug-likeness (QED) is 0.666. The minimum absolute atomic E-state index is 0.335. The van der Waals surface area contributed by atoms with Crippen molar-refractivity contribution < 1.29 is 4.74 Å². The number of nitriles is 1. The van der Waals surface area contributed by atoms with Crippen molar-refractivity contribution in [1.29, 1.82) is 5.26 Å². The Balaban J connectivity index is 2.04. The molecule has 2 fully saturated rings. The van der Waals surface area contributed by atoms with Crippen LogP contribution in [0.4, 0.5) is 0 Å². The Morgan fingerprint density at radius 1 is 1.40 bits per heavy atom. The van der Waals surface area contributed by atoms with Crippen LogP contribution in [0.1, 0.15) is 46.0 Å². The summed E-state index contributed by atoms with van der Waals surface area (Å²) in [5.74, 6) is 0.544. The van der Waals surface area contributed by atoms with Crippen molar-refractivity contribution in [3.8, 4) is 6.07 Å². The molecule has 114 valence electrons. The third-order valence-electron chi connectivity index (χ3n) is 4.76. The van der Waals surface area contributed by atoms with Crippen LogP contribution in [0.25, 0.3) is 0 Å². The van der Waals surface area contributed by atoms with Gasteiger partial charge in [0.05, 0.1) is 12.7 Å². The van der Waals surface area contributed by atoms with E-state index in [1.807, 2.05) is 0 Å². The maximum Gasteiger partial charge on any atom is 0.122 e. The van der Waals surface area contributed by atoms with Crippen LogP contribution >= 0.6 is 0 Å². The minimum atomic E-state index is -0.335. The van der Waals surface area contributed by atoms with Crippen LogP contribution < -0.4 is 5.32 Å². The van der Waals surface area contributed by atoms with Gasteiger partial charge < -0.3 is 4.74 Å². The summed E-state index contributed by atoms with van der Waals surface area (Å²) < 4.78 is 5.24. The highest BCUT2D eigenvalue weighted by molar-refractivity contribution is 5.18. The summed E-state index contributed by atoms with van der Waals surface area (Å²) in [6.07, 6.45) is 5.98. The first kappa shape index (κ1) is 15.8. The molecule has 0 amide bonds. The van der Waals surface area contributed by atoms with E-state index >= 15 is 0 Å². The second-order valence-electron chi connectivity index (χ2n) is 6.50. The molecule has 1 N–H and O–H groups in total. The average molecular weight is 279 g/mol. The van der Waals surface area contributed by atoms with E-state index in [9.17, 15) is 5.26 Å². The first-order chi connectivity index (χ1) is 9.65. The fourth-order valence-corrected chi connectivity index (χ4v) is 2.86. The summed E-state index contributed by atoms with van der Waals surface area (Å²) in [6.45, 7) is 6.95. The lowest BCUT2D eigenvalue weighted by Crippen LogP contribution is -2.57. The number of hydrogen-bond acceptors (Lipinski definition) is 4. The van der Waals surface area contributed by atoms with E-state index in [-0.39, 0.29) is 5.54 Å². The molecule has 0 heterocycles. The SMILES string of the molecule is CCC(C)N(CCOC)CC(C#N)(NC1CC1)C1CC1. The maximum absolute atomic E-state index is 9.82. The van der Waals surface area contributed by atoms with E-state index in [0.29, 0.717) is 18.0 Å². The van der Waals surface area contributed by atoms with Gasteiger partial charge in [0.2, 0.25) is 0 Å². The number of nitrogens with one attached hydrogen (secondary N) is 1. The van der Waals surface area contributed by atoms with Crippen molar-refractivity contribution in [2.75, 3.05) is 26.8 Å². The molecule has 2 atom stereocenters. The van der Waals surface area contributed by atoms with Gasteiger partial charge in [-0.1, -0.05) is 6.92 Å². The molecule has 2 rings (SSSR count). The summed E-state index contributed by atoms with van der Waals surface area (Å²) in [5, 5.41) is 13.5. The normalized spacial score (nSPS) is 23.4. The molecule has 4 heteroatoms. The van der Waals surface area contributed by atoms with Gasteiger partial charge in [0.1, 0.15) is 5.54 Å². The van der Waals surface area contributed by atoms with E-state index < -0.39 is 0 Å². The molecule has 20 heavy (non-hydrogen) atoms. The zero-order chi connectivity index (χ0) is 14.6. The molecule has 0 saturated heterocycles. The standard InChI is InChI=1S/C16H29N3O/c1-4-13(2)19(9-10-20-3)12-16(11-17,14-5-6-14)18-15-7-8-15/h13-15,18H,4-10,12H2,1-3H3. The number of nitrogens with zero attached hydrogens (tertiary/aromatic N) is 2. The predicted molar refractivity (Wildman–Crippen MR) is 80.4 cm³/mol. The van der Waals surface area contributed by atoms with Crippen LogP contribution in [0.3, 0.4) is 0 Å². The van der Waals surface area contributed by atoms with Gasteiger partial charge in [-0.25, -0.2) is 0 Å². The molecular weight excluding hydrogens is 250 g/mol. The predicted octanol–water partition coefficient (Wildman–Crippen LogP) is 2.16. The van der Waals surface area contributed by atoms with Gasteiger partial charge in [-0.05, 0) is 44.9 Å². The Labute approximate surface area is 123 Å². The lowest BCUT2D eigenvalue weighted by atomic mass is 9.93. The van der Waals surface area contributed by atoms with Gasteiger partial charge in [0, 0.05) is 32.3 Å². The zero-order valence-electron chi connectivity index (χ0n) is 13.2. The molecule has 2 saturated carbocycles. The molecule has 0 radical (unpaired) electrons. The van der Waals surface area contributed by atoms with Crippen molar-refractivity contribution >= 4 is 0 Å². The van der Waals surface area contributed by atoms with Crippen LogP contribution in [0.2, 0.25) is 0 Å². The highest BCUT2D eigenvalue weighted by Crippen LogP contribution is 2.42. The Kier molecular flexibility index (Phi) is 5.42. The maximum atomic E-state index is 9.82. The monoisotopic (exact) mass is 279 g/mol. The van der Waals surface area contributed by atoms with Gasteiger partial charge in [-0.2, -0.15) is 5.26 Å². The summed E-state index contributed by atoms with van der Waals surface area (Å²) >= 11 is 0. The van der Waals surface area contributed by atoms with Gasteiger partial charge in [-0.3, -0.25) is 10.2 Å². The topological polar surface area (TPSA) is 48.3 Å². The highest BCUT2D eigenvalue weighted by Gasteiger charge is 2.49. The van der Waals surface area contributed by atoms with Crippen LogP contribution in [-0.2, 0) is 4.74 Å². The fourth-order valence-electron chi connectivity index (χ4n) is 2.86. The van der Waals surface area contributed by atoms with Crippen LogP contribution in [-0.4, -0.2) is 49.3 Å². The van der Waals surface area contributed by atoms with E-state index in [1.54, 1.807) is 7.11 Å². The van der Waals surface area contributed by atoms with Crippen LogP contribution in [0.15, 0.2) is 0 Å². The van der Waals surface area contributed by atoms with E-state index in [4.69, 9.17) is 4.74 Å². The second kappa shape index (κ2) is 6.89. The molecule has 0 aromatic carbocycles. The Hall–Kier alpha value is -0.630. The zero-order valence-corrected chi connectivity index (χ0v) is 13.2. The molecule has 2 aliphatic rings. The van der Waals surface area contributed by atoms with Gasteiger partial charge >= 0.3 is 0 Å². The Morgan fingerprint density at radius 2 is 2.10 bits per heavy atom. The summed E-state index contributed by atoms with van der Waals surface area (Å²) in [5.41, 5.74) is -0.335. The smallest absolute Gasteiger partial charge is 0.122 e. The van der Waals surface area contributed by atoms with Crippen molar-refractivity contribution in [2.45, 2.75) is 63.6 Å². The number of rotatable bonds is 10. The first-order valence-corrected chi connectivity index (χ1v) is 8.07. The Morgan fingerprint density at radius 3 is 2.55 bits per heavy atom. The third kappa shape index (κ3) is 3.94. The van der Waals surface area contributed by atoms with Gasteiger partial charge in [-0.15, -0.1) is 0 Å². The molecule has 0 aromatic rings. The van der Waals surface area contributed by atoms with Gasteiger partial charge in [0.15, 0.2) is 0 Å². The molecular formula is C16H29N3O. The van der Waals surface area contributed by atoms with E-state index in [1.165, 1.54) is 25.7 Å². The van der Waals surface area contributed by atoms with E-state index in [0.717, 1.165) is 26.1 Å². The first-order valence-electron chi connectivity index (χ1n) is 8.07. The molecule has 2 unspecified atom stereocenters. The molecule has 0 aromatic heterocycles. The van der Waals surface area contributed by atoms with Gasteiger partial charge in [0.25, 0.3) is 0 Å². The van der Waals surface area contributed by atoms with Crippen molar-refractivity contribution in [1.82, 2.24) is 10.2 Å². The number of methoxy groups -OCH3 is 1. The summed E-state index contributed by atoms with van der Waals surface area (Å²) in [7, 11) is 1.75. The van der Waals surface area contributed by atoms with E-state index in [2.05, 4.69) is 30.1 Å². The van der Waals surface area contributed by atoms with Crippen molar-refractivity contribution in [2.24, 2.45) is 5.92 Å². The second-order valence-corrected chi connectivity index (χ2v) is 6.50. The third-order valence-corrected chi connectivity index (χ3v) is 4.76. The Bertz CT molecular complexity index is 346.